The number of aliphatic hydroxyl groups excluding tert-OH is 1. The molecule has 0 saturated heterocycles. The van der Waals surface area contributed by atoms with Gasteiger partial charge in [0.05, 0.1) is 11.3 Å². The molecule has 0 amide bonds. The van der Waals surface area contributed by atoms with Crippen LogP contribution in [0.25, 0.3) is 28.4 Å². The zero-order chi connectivity index (χ0) is 18.3. The molecule has 3 aromatic rings. The molecule has 0 radical (unpaired) electrons. The number of rotatable bonds is 2. The first kappa shape index (κ1) is 15.8. The number of aromatic nitrogens is 2. The highest BCUT2D eigenvalue weighted by atomic mass is 16.4. The molecule has 0 spiro atoms. The minimum atomic E-state index is -1.27. The van der Waals surface area contributed by atoms with Gasteiger partial charge in [0.2, 0.25) is 0 Å². The van der Waals surface area contributed by atoms with Gasteiger partial charge in [-0.2, -0.15) is 0 Å². The molecule has 0 atom stereocenters. The monoisotopic (exact) mass is 346 g/mol. The predicted molar refractivity (Wildman–Crippen MR) is 96.6 cm³/mol. The van der Waals surface area contributed by atoms with Gasteiger partial charge in [0, 0.05) is 28.7 Å². The van der Waals surface area contributed by atoms with Crippen LogP contribution in [0.2, 0.25) is 0 Å². The van der Waals surface area contributed by atoms with Crippen molar-refractivity contribution in [3.63, 3.8) is 0 Å². The fourth-order valence-electron chi connectivity index (χ4n) is 3.11. The molecule has 0 unspecified atom stereocenters. The second-order valence-corrected chi connectivity index (χ2v) is 5.96. The average Bonchev–Trinajstić information content (AvgIpc) is 2.78. The minimum absolute atomic E-state index is 0.206. The maximum Gasteiger partial charge on any atom is 0.335 e. The largest absolute Gasteiger partial charge is 0.507 e. The van der Waals surface area contributed by atoms with Gasteiger partial charge in [-0.15, -0.1) is 0 Å². The fourth-order valence-corrected chi connectivity index (χ4v) is 3.11. The van der Waals surface area contributed by atoms with Gasteiger partial charge in [0.1, 0.15) is 11.6 Å². The summed E-state index contributed by atoms with van der Waals surface area (Å²) in [6, 6.07) is 16.0. The molecule has 2 aromatic carbocycles. The molecule has 26 heavy (non-hydrogen) atoms. The minimum Gasteiger partial charge on any atom is -0.507 e. The molecule has 0 fully saturated rings. The summed E-state index contributed by atoms with van der Waals surface area (Å²) in [7, 11) is 0. The number of aromatic amines is 1. The van der Waals surface area contributed by atoms with Crippen LogP contribution in [0.4, 0.5) is 0 Å². The lowest BCUT2D eigenvalue weighted by Gasteiger charge is -2.10. The van der Waals surface area contributed by atoms with Gasteiger partial charge in [-0.3, -0.25) is 4.79 Å². The first-order chi connectivity index (χ1) is 12.6. The van der Waals surface area contributed by atoms with Gasteiger partial charge in [-0.1, -0.05) is 54.6 Å². The molecular weight excluding hydrogens is 332 g/mol. The Morgan fingerprint density at radius 2 is 1.65 bits per heavy atom. The van der Waals surface area contributed by atoms with Crippen molar-refractivity contribution < 1.29 is 15.0 Å². The second-order valence-electron chi connectivity index (χ2n) is 5.96. The van der Waals surface area contributed by atoms with E-state index in [0.717, 1.165) is 5.56 Å². The van der Waals surface area contributed by atoms with E-state index in [9.17, 15) is 19.8 Å². The molecule has 1 aromatic heterocycles. The quantitative estimate of drug-likeness (QED) is 0.662. The normalized spacial score (nSPS) is 12.9. The number of aliphatic carboxylic acids is 1. The summed E-state index contributed by atoms with van der Waals surface area (Å²) < 4.78 is 0. The van der Waals surface area contributed by atoms with Crippen molar-refractivity contribution in [1.29, 1.82) is 0 Å². The SMILES string of the molecule is O=C(O)C1=C(O)c2ccccc2-c2nc(-c3ccccc3)[nH]c(=O)c2C1. The van der Waals surface area contributed by atoms with Gasteiger partial charge in [-0.05, 0) is 0 Å². The molecule has 128 valence electrons. The van der Waals surface area contributed by atoms with Gasteiger partial charge < -0.3 is 15.2 Å². The molecular formula is C20H14N2O4. The van der Waals surface area contributed by atoms with Gasteiger partial charge in [-0.25, -0.2) is 9.78 Å². The lowest BCUT2D eigenvalue weighted by molar-refractivity contribution is -0.132. The van der Waals surface area contributed by atoms with Crippen LogP contribution in [0.15, 0.2) is 65.0 Å². The number of nitrogens with zero attached hydrogens (tertiary/aromatic N) is 1. The van der Waals surface area contributed by atoms with Crippen LogP contribution in [0.5, 0.6) is 0 Å². The highest BCUT2D eigenvalue weighted by Crippen LogP contribution is 2.35. The summed E-state index contributed by atoms with van der Waals surface area (Å²) in [6.07, 6.45) is -0.206. The van der Waals surface area contributed by atoms with Crippen LogP contribution in [-0.2, 0) is 11.2 Å². The van der Waals surface area contributed by atoms with E-state index in [1.807, 2.05) is 30.3 Å². The number of aliphatic hydroxyl groups is 1. The van der Waals surface area contributed by atoms with E-state index >= 15 is 0 Å². The third-order valence-electron chi connectivity index (χ3n) is 4.40. The third-order valence-corrected chi connectivity index (χ3v) is 4.40. The first-order valence-electron chi connectivity index (χ1n) is 8.00. The molecule has 0 bridgehead atoms. The molecule has 4 rings (SSSR count). The zero-order valence-electron chi connectivity index (χ0n) is 13.6. The fraction of sp³-hybridized carbons (Fsp3) is 0.0500. The Labute approximate surface area is 148 Å². The Balaban J connectivity index is 2.04. The van der Waals surface area contributed by atoms with Crippen molar-refractivity contribution >= 4 is 11.7 Å². The predicted octanol–water partition coefficient (Wildman–Crippen LogP) is 3.01. The Morgan fingerprint density at radius 3 is 2.35 bits per heavy atom. The Bertz CT molecular complexity index is 1110. The van der Waals surface area contributed by atoms with Crippen LogP contribution in [0.1, 0.15) is 11.1 Å². The zero-order valence-corrected chi connectivity index (χ0v) is 13.6. The summed E-state index contributed by atoms with van der Waals surface area (Å²) in [6.45, 7) is 0. The maximum atomic E-state index is 12.7. The van der Waals surface area contributed by atoms with Crippen molar-refractivity contribution in [3.05, 3.63) is 81.7 Å². The lowest BCUT2D eigenvalue weighted by atomic mass is 10.0. The van der Waals surface area contributed by atoms with E-state index < -0.39 is 11.5 Å². The van der Waals surface area contributed by atoms with E-state index in [1.165, 1.54) is 0 Å². The van der Waals surface area contributed by atoms with Crippen molar-refractivity contribution in [2.45, 2.75) is 6.42 Å². The van der Waals surface area contributed by atoms with E-state index in [-0.39, 0.29) is 23.3 Å². The number of carbonyl (C=O) groups is 1. The number of hydrogen-bond donors (Lipinski definition) is 3. The van der Waals surface area contributed by atoms with Crippen molar-refractivity contribution in [2.24, 2.45) is 0 Å². The smallest absolute Gasteiger partial charge is 0.335 e. The van der Waals surface area contributed by atoms with E-state index in [0.29, 0.717) is 22.6 Å². The Kier molecular flexibility index (Phi) is 3.65. The highest BCUT2D eigenvalue weighted by Gasteiger charge is 2.28. The van der Waals surface area contributed by atoms with Crippen molar-refractivity contribution in [3.8, 4) is 22.6 Å². The summed E-state index contributed by atoms with van der Waals surface area (Å²) in [5.74, 6) is -1.22. The van der Waals surface area contributed by atoms with E-state index in [2.05, 4.69) is 9.97 Å². The van der Waals surface area contributed by atoms with Gasteiger partial charge in [0.25, 0.3) is 5.56 Å². The Hall–Kier alpha value is -3.67. The molecule has 6 heteroatoms. The van der Waals surface area contributed by atoms with Crippen molar-refractivity contribution in [1.82, 2.24) is 9.97 Å². The maximum absolute atomic E-state index is 12.7. The number of nitrogens with one attached hydrogen (secondary N) is 1. The van der Waals surface area contributed by atoms with Crippen LogP contribution < -0.4 is 5.56 Å². The number of carboxylic acid groups (broad SMARTS) is 1. The average molecular weight is 346 g/mol. The van der Waals surface area contributed by atoms with Crippen LogP contribution in [0.3, 0.4) is 0 Å². The van der Waals surface area contributed by atoms with Gasteiger partial charge >= 0.3 is 5.97 Å². The standard InChI is InChI=1S/C20H14N2O4/c23-17-13-9-5-4-8-12(13)16-14(10-15(17)20(25)26)19(24)22-18(21-16)11-6-2-1-3-7-11/h1-9,23H,10H2,(H,25,26)(H,21,22,24). The molecule has 1 heterocycles. The highest BCUT2D eigenvalue weighted by molar-refractivity contribution is 5.98. The topological polar surface area (TPSA) is 103 Å². The molecule has 1 aliphatic carbocycles. The molecule has 0 aliphatic heterocycles. The third kappa shape index (κ3) is 2.48. The van der Waals surface area contributed by atoms with Gasteiger partial charge in [0.15, 0.2) is 0 Å². The number of fused-ring (bicyclic) bond motifs is 3. The number of H-pyrrole nitrogens is 1. The summed E-state index contributed by atoms with van der Waals surface area (Å²) in [4.78, 5) is 31.6. The second kappa shape index (κ2) is 6.00. The molecule has 3 N–H and O–H groups in total. The van der Waals surface area contributed by atoms with Crippen LogP contribution in [-0.4, -0.2) is 26.2 Å². The molecule has 1 aliphatic rings. The summed E-state index contributed by atoms with van der Waals surface area (Å²) in [5.41, 5.74) is 1.57. The first-order valence-corrected chi connectivity index (χ1v) is 8.00. The molecule has 0 saturated carbocycles. The molecule has 6 nitrogen and oxygen atoms in total. The Morgan fingerprint density at radius 1 is 1.00 bits per heavy atom. The lowest BCUT2D eigenvalue weighted by Crippen LogP contribution is -2.19. The number of carboxylic acids is 1. The van der Waals surface area contributed by atoms with E-state index in [4.69, 9.17) is 0 Å². The summed E-state index contributed by atoms with van der Waals surface area (Å²) >= 11 is 0. The van der Waals surface area contributed by atoms with Crippen molar-refractivity contribution in [2.75, 3.05) is 0 Å². The summed E-state index contributed by atoms with van der Waals surface area (Å²) in [5, 5.41) is 19.9. The number of benzene rings is 2. The van der Waals surface area contributed by atoms with Crippen LogP contribution >= 0.6 is 0 Å². The number of hydrogen-bond acceptors (Lipinski definition) is 4. The van der Waals surface area contributed by atoms with E-state index in [1.54, 1.807) is 24.3 Å². The van der Waals surface area contributed by atoms with Crippen LogP contribution in [0, 0.1) is 0 Å².